The molecule has 110 valence electrons. The molecule has 0 aromatic heterocycles. The van der Waals surface area contributed by atoms with Gasteiger partial charge in [0.2, 0.25) is 0 Å². The Morgan fingerprint density at radius 3 is 2.53 bits per heavy atom. The van der Waals surface area contributed by atoms with E-state index in [0.717, 1.165) is 6.42 Å². The molecule has 1 N–H and O–H groups in total. The van der Waals surface area contributed by atoms with Crippen LogP contribution in [0.3, 0.4) is 0 Å². The lowest BCUT2D eigenvalue weighted by Crippen LogP contribution is -2.30. The summed E-state index contributed by atoms with van der Waals surface area (Å²) in [6, 6.07) is 0.586. The monoisotopic (exact) mass is 263 g/mol. The van der Waals surface area contributed by atoms with E-state index in [9.17, 15) is 0 Å². The molecule has 0 aromatic rings. The molecule has 0 saturated carbocycles. The second kappa shape index (κ2) is 7.17. The SMILES string of the molecule is CCCC(C)NC1=CC(CC)=CC(CC)C(C)(C)C1. The van der Waals surface area contributed by atoms with Crippen LogP contribution in [0.5, 0.6) is 0 Å². The molecule has 2 unspecified atom stereocenters. The standard InChI is InChI=1S/C18H33N/c1-7-10-14(4)19-17-12-15(8-2)11-16(9-3)18(5,6)13-17/h11-12,14,16,19H,7-10,13H2,1-6H3. The molecular formula is C18H33N. The molecule has 0 aliphatic heterocycles. The van der Waals surface area contributed by atoms with Gasteiger partial charge in [0, 0.05) is 11.7 Å². The fourth-order valence-corrected chi connectivity index (χ4v) is 3.23. The first kappa shape index (κ1) is 16.3. The van der Waals surface area contributed by atoms with E-state index in [1.54, 1.807) is 0 Å². The Morgan fingerprint density at radius 2 is 2.00 bits per heavy atom. The average molecular weight is 263 g/mol. The Kier molecular flexibility index (Phi) is 6.16. The van der Waals surface area contributed by atoms with Gasteiger partial charge in [-0.05, 0) is 50.0 Å². The van der Waals surface area contributed by atoms with E-state index >= 15 is 0 Å². The molecule has 2 atom stereocenters. The first-order chi connectivity index (χ1) is 8.92. The summed E-state index contributed by atoms with van der Waals surface area (Å²) < 4.78 is 0. The van der Waals surface area contributed by atoms with Crippen LogP contribution in [0, 0.1) is 11.3 Å². The smallest absolute Gasteiger partial charge is 0.0229 e. The third-order valence-electron chi connectivity index (χ3n) is 4.43. The molecular weight excluding hydrogens is 230 g/mol. The molecule has 1 aliphatic carbocycles. The maximum Gasteiger partial charge on any atom is 0.0229 e. The minimum Gasteiger partial charge on any atom is -0.386 e. The van der Waals surface area contributed by atoms with Crippen LogP contribution in [0.4, 0.5) is 0 Å². The van der Waals surface area contributed by atoms with Crippen molar-refractivity contribution in [1.29, 1.82) is 0 Å². The summed E-state index contributed by atoms with van der Waals surface area (Å²) in [6.45, 7) is 14.0. The maximum atomic E-state index is 3.74. The van der Waals surface area contributed by atoms with Gasteiger partial charge in [-0.1, -0.05) is 52.7 Å². The van der Waals surface area contributed by atoms with Crippen LogP contribution in [-0.4, -0.2) is 6.04 Å². The minimum absolute atomic E-state index is 0.358. The maximum absolute atomic E-state index is 3.74. The molecule has 0 radical (unpaired) electrons. The predicted molar refractivity (Wildman–Crippen MR) is 86.1 cm³/mol. The van der Waals surface area contributed by atoms with Crippen molar-refractivity contribution in [3.63, 3.8) is 0 Å². The Bertz CT molecular complexity index is 336. The van der Waals surface area contributed by atoms with Crippen molar-refractivity contribution in [2.75, 3.05) is 0 Å². The minimum atomic E-state index is 0.358. The van der Waals surface area contributed by atoms with Crippen LogP contribution in [-0.2, 0) is 0 Å². The predicted octanol–water partition coefficient (Wildman–Crippen LogP) is 5.44. The highest BCUT2D eigenvalue weighted by Crippen LogP contribution is 2.39. The Hall–Kier alpha value is -0.720. The van der Waals surface area contributed by atoms with Crippen molar-refractivity contribution in [3.05, 3.63) is 23.4 Å². The van der Waals surface area contributed by atoms with E-state index in [1.807, 2.05) is 0 Å². The van der Waals surface area contributed by atoms with Gasteiger partial charge in [-0.15, -0.1) is 0 Å². The molecule has 0 aromatic carbocycles. The normalized spacial score (nSPS) is 24.2. The average Bonchev–Trinajstić information content (AvgIpc) is 2.44. The summed E-state index contributed by atoms with van der Waals surface area (Å²) in [5.41, 5.74) is 3.30. The van der Waals surface area contributed by atoms with Crippen molar-refractivity contribution in [2.45, 2.75) is 79.7 Å². The van der Waals surface area contributed by atoms with E-state index < -0.39 is 0 Å². The van der Waals surface area contributed by atoms with Crippen molar-refractivity contribution in [1.82, 2.24) is 5.32 Å². The van der Waals surface area contributed by atoms with E-state index in [1.165, 1.54) is 37.0 Å². The van der Waals surface area contributed by atoms with Gasteiger partial charge in [0.25, 0.3) is 0 Å². The van der Waals surface area contributed by atoms with Gasteiger partial charge in [-0.2, -0.15) is 0 Å². The highest BCUT2D eigenvalue weighted by Gasteiger charge is 2.30. The molecule has 0 saturated heterocycles. The van der Waals surface area contributed by atoms with Crippen molar-refractivity contribution >= 4 is 0 Å². The van der Waals surface area contributed by atoms with Crippen LogP contribution in [0.15, 0.2) is 23.4 Å². The van der Waals surface area contributed by atoms with Crippen molar-refractivity contribution in [3.8, 4) is 0 Å². The Balaban J connectivity index is 2.89. The fourth-order valence-electron chi connectivity index (χ4n) is 3.23. The largest absolute Gasteiger partial charge is 0.386 e. The highest BCUT2D eigenvalue weighted by molar-refractivity contribution is 5.28. The van der Waals surface area contributed by atoms with Gasteiger partial charge in [0.15, 0.2) is 0 Å². The van der Waals surface area contributed by atoms with Crippen LogP contribution in [0.2, 0.25) is 0 Å². The molecule has 1 aliphatic rings. The third-order valence-corrected chi connectivity index (χ3v) is 4.43. The first-order valence-corrected chi connectivity index (χ1v) is 8.10. The van der Waals surface area contributed by atoms with Gasteiger partial charge in [-0.3, -0.25) is 0 Å². The number of hydrogen-bond acceptors (Lipinski definition) is 1. The molecule has 0 amide bonds. The van der Waals surface area contributed by atoms with E-state index in [2.05, 4.69) is 59.0 Å². The van der Waals surface area contributed by atoms with Gasteiger partial charge in [-0.25, -0.2) is 0 Å². The molecule has 19 heavy (non-hydrogen) atoms. The highest BCUT2D eigenvalue weighted by atomic mass is 14.9. The van der Waals surface area contributed by atoms with Crippen molar-refractivity contribution < 1.29 is 0 Å². The zero-order valence-electron chi connectivity index (χ0n) is 13.8. The van der Waals surface area contributed by atoms with Crippen LogP contribution >= 0.6 is 0 Å². The quantitative estimate of drug-likeness (QED) is 0.672. The Morgan fingerprint density at radius 1 is 1.32 bits per heavy atom. The molecule has 1 nitrogen and oxygen atoms in total. The summed E-state index contributed by atoms with van der Waals surface area (Å²) >= 11 is 0. The number of hydrogen-bond donors (Lipinski definition) is 1. The fraction of sp³-hybridized carbons (Fsp3) is 0.778. The van der Waals surface area contributed by atoms with Gasteiger partial charge in [0.1, 0.15) is 0 Å². The molecule has 0 heterocycles. The van der Waals surface area contributed by atoms with Crippen LogP contribution < -0.4 is 5.32 Å². The molecule has 0 bridgehead atoms. The van der Waals surface area contributed by atoms with Gasteiger partial charge >= 0.3 is 0 Å². The van der Waals surface area contributed by atoms with Gasteiger partial charge in [0.05, 0.1) is 0 Å². The van der Waals surface area contributed by atoms with Gasteiger partial charge < -0.3 is 5.32 Å². The zero-order chi connectivity index (χ0) is 14.5. The lowest BCUT2D eigenvalue weighted by Gasteiger charge is -2.32. The molecule has 0 fully saturated rings. The number of allylic oxidation sites excluding steroid dienone is 4. The third kappa shape index (κ3) is 4.71. The molecule has 1 heteroatoms. The summed E-state index contributed by atoms with van der Waals surface area (Å²) in [5, 5.41) is 3.74. The van der Waals surface area contributed by atoms with E-state index in [4.69, 9.17) is 0 Å². The number of rotatable bonds is 6. The van der Waals surface area contributed by atoms with Crippen LogP contribution in [0.1, 0.15) is 73.6 Å². The van der Waals surface area contributed by atoms with E-state index in [0.29, 0.717) is 17.4 Å². The zero-order valence-corrected chi connectivity index (χ0v) is 13.8. The summed E-state index contributed by atoms with van der Waals surface area (Å²) in [7, 11) is 0. The summed E-state index contributed by atoms with van der Waals surface area (Å²) in [4.78, 5) is 0. The van der Waals surface area contributed by atoms with Crippen LogP contribution in [0.25, 0.3) is 0 Å². The number of nitrogens with one attached hydrogen (secondary N) is 1. The second-order valence-electron chi connectivity index (χ2n) is 6.78. The first-order valence-electron chi connectivity index (χ1n) is 8.10. The topological polar surface area (TPSA) is 12.0 Å². The second-order valence-corrected chi connectivity index (χ2v) is 6.78. The molecule has 0 spiro atoms. The Labute approximate surface area is 120 Å². The summed E-state index contributed by atoms with van der Waals surface area (Å²) in [6.07, 6.45) is 11.0. The lowest BCUT2D eigenvalue weighted by molar-refractivity contribution is 0.245. The van der Waals surface area contributed by atoms with Crippen molar-refractivity contribution in [2.24, 2.45) is 11.3 Å². The van der Waals surface area contributed by atoms with E-state index in [-0.39, 0.29) is 0 Å². The molecule has 1 rings (SSSR count). The lowest BCUT2D eigenvalue weighted by atomic mass is 9.74. The summed E-state index contributed by atoms with van der Waals surface area (Å²) in [5.74, 6) is 0.694.